The highest BCUT2D eigenvalue weighted by Gasteiger charge is 2.19. The van der Waals surface area contributed by atoms with Crippen LogP contribution in [0.15, 0.2) is 78.0 Å². The Hall–Kier alpha value is -4.92. The second-order valence-corrected chi connectivity index (χ2v) is 9.10. The van der Waals surface area contributed by atoms with Crippen molar-refractivity contribution in [3.05, 3.63) is 89.2 Å². The van der Waals surface area contributed by atoms with E-state index in [4.69, 9.17) is 4.98 Å². The van der Waals surface area contributed by atoms with E-state index in [1.165, 1.54) is 0 Å². The van der Waals surface area contributed by atoms with Crippen LogP contribution in [-0.4, -0.2) is 41.2 Å². The van der Waals surface area contributed by atoms with Gasteiger partial charge in [-0.3, -0.25) is 18.5 Å². The Bertz CT molecular complexity index is 1900. The predicted octanol–water partition coefficient (Wildman–Crippen LogP) is 3.64. The van der Waals surface area contributed by atoms with E-state index in [9.17, 15) is 9.59 Å². The number of carbonyl (C=O) groups is 1. The fourth-order valence-electron chi connectivity index (χ4n) is 4.88. The van der Waals surface area contributed by atoms with E-state index in [0.29, 0.717) is 5.56 Å². The van der Waals surface area contributed by atoms with E-state index >= 15 is 0 Å². The van der Waals surface area contributed by atoms with Crippen molar-refractivity contribution in [2.75, 3.05) is 7.05 Å². The van der Waals surface area contributed by atoms with Crippen LogP contribution in [0, 0.1) is 0 Å². The zero-order valence-electron chi connectivity index (χ0n) is 20.9. The van der Waals surface area contributed by atoms with Gasteiger partial charge in [-0.15, -0.1) is 0 Å². The predicted molar refractivity (Wildman–Crippen MR) is 144 cm³/mol. The Labute approximate surface area is 212 Å². The third-order valence-corrected chi connectivity index (χ3v) is 6.90. The van der Waals surface area contributed by atoms with Crippen LogP contribution in [-0.2, 0) is 21.1 Å². The molecule has 184 valence electrons. The van der Waals surface area contributed by atoms with E-state index in [1.54, 1.807) is 48.9 Å². The maximum Gasteiger partial charge on any atom is 0.328 e. The summed E-state index contributed by atoms with van der Waals surface area (Å²) in [5.74, 6) is 0.614. The molecule has 0 spiro atoms. The van der Waals surface area contributed by atoms with Gasteiger partial charge in [0.2, 0.25) is 0 Å². The number of hydrogen-bond donors (Lipinski definition) is 1. The molecule has 3 aromatic carbocycles. The second kappa shape index (κ2) is 8.34. The number of aryl methyl sites for hydroxylation is 3. The summed E-state index contributed by atoms with van der Waals surface area (Å²) in [4.78, 5) is 34.0. The second-order valence-electron chi connectivity index (χ2n) is 9.10. The molecule has 6 aromatic rings. The van der Waals surface area contributed by atoms with Gasteiger partial charge in [0.1, 0.15) is 5.69 Å². The van der Waals surface area contributed by atoms with Crippen molar-refractivity contribution in [1.29, 1.82) is 0 Å². The highest BCUT2D eigenvalue weighted by Crippen LogP contribution is 2.32. The average Bonchev–Trinajstić information content (AvgIpc) is 3.58. The standard InChI is InChI=1S/C28H25N7O2/c1-29-27(36)19-7-5-6-17(12-19)18-8-10-22-21(13-18)31-26(25-15-30-16-32(25)2)35(22)20-9-11-23-24(14-20)34(4)28(37)33(23)3/h5-16H,1-4H3,(H,29,36). The summed E-state index contributed by atoms with van der Waals surface area (Å²) in [5.41, 5.74) is 7.60. The van der Waals surface area contributed by atoms with Gasteiger partial charge in [0.25, 0.3) is 5.91 Å². The van der Waals surface area contributed by atoms with E-state index in [-0.39, 0.29) is 11.6 Å². The third kappa shape index (κ3) is 3.47. The quantitative estimate of drug-likeness (QED) is 0.408. The highest BCUT2D eigenvalue weighted by molar-refractivity contribution is 5.96. The molecule has 0 radical (unpaired) electrons. The molecule has 9 nitrogen and oxygen atoms in total. The fourth-order valence-corrected chi connectivity index (χ4v) is 4.88. The molecule has 0 unspecified atom stereocenters. The molecule has 37 heavy (non-hydrogen) atoms. The number of amides is 1. The molecule has 6 rings (SSSR count). The van der Waals surface area contributed by atoms with Crippen LogP contribution in [0.4, 0.5) is 0 Å². The smallest absolute Gasteiger partial charge is 0.328 e. The van der Waals surface area contributed by atoms with Crippen LogP contribution in [0.3, 0.4) is 0 Å². The number of nitrogens with one attached hydrogen (secondary N) is 1. The van der Waals surface area contributed by atoms with E-state index < -0.39 is 0 Å². The molecule has 0 saturated heterocycles. The van der Waals surface area contributed by atoms with Crippen LogP contribution in [0.5, 0.6) is 0 Å². The molecular weight excluding hydrogens is 466 g/mol. The van der Waals surface area contributed by atoms with Crippen molar-refractivity contribution in [2.45, 2.75) is 0 Å². The first-order valence-electron chi connectivity index (χ1n) is 11.8. The molecule has 0 bridgehead atoms. The summed E-state index contributed by atoms with van der Waals surface area (Å²) in [5, 5.41) is 2.68. The van der Waals surface area contributed by atoms with Gasteiger partial charge in [-0.2, -0.15) is 0 Å². The zero-order valence-corrected chi connectivity index (χ0v) is 20.9. The molecular formula is C28H25N7O2. The summed E-state index contributed by atoms with van der Waals surface area (Å²) in [6, 6.07) is 19.6. The lowest BCUT2D eigenvalue weighted by Crippen LogP contribution is -2.19. The van der Waals surface area contributed by atoms with Crippen molar-refractivity contribution in [2.24, 2.45) is 21.1 Å². The molecule has 3 aromatic heterocycles. The maximum absolute atomic E-state index is 12.5. The fraction of sp³-hybridized carbons (Fsp3) is 0.143. The topological polar surface area (TPSA) is 91.7 Å². The van der Waals surface area contributed by atoms with E-state index in [2.05, 4.69) is 14.9 Å². The Kier molecular flexibility index (Phi) is 5.08. The molecule has 9 heteroatoms. The van der Waals surface area contributed by atoms with Crippen molar-refractivity contribution in [1.82, 2.24) is 33.6 Å². The first-order valence-corrected chi connectivity index (χ1v) is 11.8. The molecule has 0 aliphatic heterocycles. The van der Waals surface area contributed by atoms with Gasteiger partial charge in [-0.1, -0.05) is 18.2 Å². The van der Waals surface area contributed by atoms with Gasteiger partial charge in [-0.25, -0.2) is 14.8 Å². The minimum atomic E-state index is -0.128. The summed E-state index contributed by atoms with van der Waals surface area (Å²) >= 11 is 0. The molecule has 0 atom stereocenters. The Balaban J connectivity index is 1.58. The third-order valence-electron chi connectivity index (χ3n) is 6.90. The van der Waals surface area contributed by atoms with Gasteiger partial charge >= 0.3 is 5.69 Å². The SMILES string of the molecule is CNC(=O)c1cccc(-c2ccc3c(c2)nc(-c2cncn2C)n3-c2ccc3c(c2)n(C)c(=O)n3C)c1. The van der Waals surface area contributed by atoms with Crippen molar-refractivity contribution < 1.29 is 4.79 Å². The minimum Gasteiger partial charge on any atom is -0.355 e. The largest absolute Gasteiger partial charge is 0.355 e. The summed E-state index contributed by atoms with van der Waals surface area (Å²) < 4.78 is 7.32. The summed E-state index contributed by atoms with van der Waals surface area (Å²) in [6.07, 6.45) is 3.54. The molecule has 3 heterocycles. The molecule has 0 aliphatic rings. The number of aromatic nitrogens is 6. The van der Waals surface area contributed by atoms with Crippen LogP contribution in [0.1, 0.15) is 10.4 Å². The molecule has 0 aliphatic carbocycles. The first kappa shape index (κ1) is 22.5. The zero-order chi connectivity index (χ0) is 25.8. The number of imidazole rings is 3. The number of rotatable bonds is 4. The van der Waals surface area contributed by atoms with Crippen molar-refractivity contribution in [3.63, 3.8) is 0 Å². The Morgan fingerprint density at radius 3 is 2.38 bits per heavy atom. The lowest BCUT2D eigenvalue weighted by Gasteiger charge is -2.11. The van der Waals surface area contributed by atoms with Crippen molar-refractivity contribution in [3.8, 4) is 28.3 Å². The average molecular weight is 492 g/mol. The van der Waals surface area contributed by atoms with Gasteiger partial charge in [0, 0.05) is 39.4 Å². The lowest BCUT2D eigenvalue weighted by molar-refractivity contribution is 0.0963. The van der Waals surface area contributed by atoms with Gasteiger partial charge in [-0.05, 0) is 53.6 Å². The van der Waals surface area contributed by atoms with Crippen molar-refractivity contribution >= 4 is 28.0 Å². The number of benzene rings is 3. The van der Waals surface area contributed by atoms with Gasteiger partial charge in [0.05, 0.1) is 34.6 Å². The number of nitrogens with zero attached hydrogens (tertiary/aromatic N) is 6. The number of carbonyl (C=O) groups excluding carboxylic acids is 1. The van der Waals surface area contributed by atoms with Crippen LogP contribution >= 0.6 is 0 Å². The van der Waals surface area contributed by atoms with Crippen LogP contribution in [0.2, 0.25) is 0 Å². The van der Waals surface area contributed by atoms with Gasteiger partial charge < -0.3 is 9.88 Å². The first-order chi connectivity index (χ1) is 17.9. The highest BCUT2D eigenvalue weighted by atomic mass is 16.2. The Morgan fingerprint density at radius 1 is 0.865 bits per heavy atom. The molecule has 1 N–H and O–H groups in total. The monoisotopic (exact) mass is 491 g/mol. The normalized spacial score (nSPS) is 11.5. The molecule has 0 saturated carbocycles. The summed E-state index contributed by atoms with van der Waals surface area (Å²) in [6.45, 7) is 0. The molecule has 1 amide bonds. The van der Waals surface area contributed by atoms with E-state index in [0.717, 1.165) is 50.4 Å². The van der Waals surface area contributed by atoms with Crippen LogP contribution in [0.25, 0.3) is 50.4 Å². The minimum absolute atomic E-state index is 0.0712. The Morgan fingerprint density at radius 2 is 1.62 bits per heavy atom. The summed E-state index contributed by atoms with van der Waals surface area (Å²) in [7, 11) is 7.12. The lowest BCUT2D eigenvalue weighted by atomic mass is 10.0. The number of hydrogen-bond acceptors (Lipinski definition) is 4. The maximum atomic E-state index is 12.5. The van der Waals surface area contributed by atoms with E-state index in [1.807, 2.05) is 66.2 Å². The number of fused-ring (bicyclic) bond motifs is 2. The van der Waals surface area contributed by atoms with Crippen LogP contribution < -0.4 is 11.0 Å². The molecule has 0 fully saturated rings. The van der Waals surface area contributed by atoms with Gasteiger partial charge in [0.15, 0.2) is 5.82 Å².